The zero-order chi connectivity index (χ0) is 11.0. The molecule has 2 N–H and O–H groups in total. The largest absolute Gasteiger partial charge is 0.303 e. The fourth-order valence-corrected chi connectivity index (χ4v) is 1.91. The average molecular weight is 275 g/mol. The summed E-state index contributed by atoms with van der Waals surface area (Å²) in [5.74, 6) is 0. The average Bonchev–Trinajstić information content (AvgIpc) is 2.77. The van der Waals surface area contributed by atoms with Gasteiger partial charge in [0, 0.05) is 16.1 Å². The number of hydrogen-bond acceptors (Lipinski definition) is 1. The van der Waals surface area contributed by atoms with E-state index in [-0.39, 0.29) is 0 Å². The van der Waals surface area contributed by atoms with E-state index in [4.69, 9.17) is 0 Å². The molecular weight excluding hydrogens is 266 g/mol. The van der Waals surface area contributed by atoms with E-state index in [0.717, 1.165) is 26.9 Å². The third-order valence-electron chi connectivity index (χ3n) is 2.46. The summed E-state index contributed by atoms with van der Waals surface area (Å²) in [6.07, 6.45) is 3.78. The van der Waals surface area contributed by atoms with Crippen LogP contribution in [0.2, 0.25) is 0 Å². The number of aromatic amines is 2. The van der Waals surface area contributed by atoms with Crippen LogP contribution in [0.25, 0.3) is 22.4 Å². The van der Waals surface area contributed by atoms with E-state index in [9.17, 15) is 0 Å². The summed E-state index contributed by atoms with van der Waals surface area (Å²) in [6, 6.07) is 10.1. The summed E-state index contributed by atoms with van der Waals surface area (Å²) in [5, 5.41) is 0. The number of benzene rings is 1. The van der Waals surface area contributed by atoms with Crippen molar-refractivity contribution in [3.8, 4) is 11.3 Å². The molecule has 3 rings (SSSR count). The normalized spacial score (nSPS) is 10.8. The minimum absolute atomic E-state index is 0.944. The van der Waals surface area contributed by atoms with E-state index in [1.807, 2.05) is 42.7 Å². The van der Waals surface area contributed by atoms with E-state index in [1.165, 1.54) is 0 Å². The molecule has 0 radical (unpaired) electrons. The first kappa shape index (κ1) is 9.54. The van der Waals surface area contributed by atoms with Crippen LogP contribution in [-0.4, -0.2) is 9.97 Å². The Hall–Kier alpha value is -1.68. The molecular formula is C12H9BrN3+. The van der Waals surface area contributed by atoms with Gasteiger partial charge in [-0.1, -0.05) is 28.1 Å². The van der Waals surface area contributed by atoms with Crippen LogP contribution in [0.4, 0.5) is 0 Å². The molecule has 16 heavy (non-hydrogen) atoms. The Morgan fingerprint density at radius 1 is 1.12 bits per heavy atom. The zero-order valence-electron chi connectivity index (χ0n) is 8.37. The molecule has 2 aromatic heterocycles. The molecule has 2 heterocycles. The van der Waals surface area contributed by atoms with Gasteiger partial charge in [0.1, 0.15) is 11.9 Å². The van der Waals surface area contributed by atoms with Gasteiger partial charge in [-0.05, 0) is 12.1 Å². The van der Waals surface area contributed by atoms with Crippen LogP contribution in [0.15, 0.2) is 47.2 Å². The van der Waals surface area contributed by atoms with Gasteiger partial charge >= 0.3 is 5.65 Å². The van der Waals surface area contributed by atoms with E-state index >= 15 is 0 Å². The number of nitrogens with zero attached hydrogens (tertiary/aromatic N) is 1. The van der Waals surface area contributed by atoms with Gasteiger partial charge in [0.25, 0.3) is 0 Å². The summed E-state index contributed by atoms with van der Waals surface area (Å²) < 4.78 is 1.07. The Labute approximate surface area is 101 Å². The Balaban J connectivity index is 2.14. The smallest absolute Gasteiger partial charge is 0.246 e. The first-order chi connectivity index (χ1) is 7.83. The first-order valence-electron chi connectivity index (χ1n) is 4.95. The summed E-state index contributed by atoms with van der Waals surface area (Å²) in [5.41, 5.74) is 3.93. The molecule has 3 nitrogen and oxygen atoms in total. The SMILES string of the molecule is Brc1ccc(-c2c[nH+]c3[nH]ccc3n2)cc1. The van der Waals surface area contributed by atoms with Crippen LogP contribution in [0.5, 0.6) is 0 Å². The number of rotatable bonds is 1. The fraction of sp³-hybridized carbons (Fsp3) is 0. The van der Waals surface area contributed by atoms with Gasteiger partial charge in [-0.2, -0.15) is 0 Å². The predicted octanol–water partition coefficient (Wildman–Crippen LogP) is 2.81. The quantitative estimate of drug-likeness (QED) is 0.729. The highest BCUT2D eigenvalue weighted by Crippen LogP contribution is 2.19. The second kappa shape index (κ2) is 3.72. The monoisotopic (exact) mass is 274 g/mol. The Morgan fingerprint density at radius 3 is 2.75 bits per heavy atom. The summed E-state index contributed by atoms with van der Waals surface area (Å²) >= 11 is 3.42. The molecule has 78 valence electrons. The van der Waals surface area contributed by atoms with Crippen molar-refractivity contribution in [3.05, 3.63) is 47.2 Å². The van der Waals surface area contributed by atoms with Crippen LogP contribution < -0.4 is 4.98 Å². The molecule has 0 spiro atoms. The number of halogens is 1. The summed E-state index contributed by atoms with van der Waals surface area (Å²) in [6.45, 7) is 0. The predicted molar refractivity (Wildman–Crippen MR) is 65.8 cm³/mol. The summed E-state index contributed by atoms with van der Waals surface area (Å²) in [4.78, 5) is 10.8. The Bertz CT molecular complexity index is 628. The number of hydrogen-bond donors (Lipinski definition) is 1. The van der Waals surface area contributed by atoms with E-state index in [2.05, 4.69) is 30.9 Å². The van der Waals surface area contributed by atoms with Crippen molar-refractivity contribution in [1.82, 2.24) is 9.97 Å². The fourth-order valence-electron chi connectivity index (χ4n) is 1.64. The molecule has 0 unspecified atom stereocenters. The lowest BCUT2D eigenvalue weighted by Crippen LogP contribution is -2.04. The van der Waals surface area contributed by atoms with Gasteiger partial charge in [-0.25, -0.2) is 15.0 Å². The molecule has 0 saturated heterocycles. The van der Waals surface area contributed by atoms with Gasteiger partial charge in [0.15, 0.2) is 5.52 Å². The highest BCUT2D eigenvalue weighted by molar-refractivity contribution is 9.10. The van der Waals surface area contributed by atoms with Gasteiger partial charge in [-0.3, -0.25) is 0 Å². The van der Waals surface area contributed by atoms with E-state index < -0.39 is 0 Å². The van der Waals surface area contributed by atoms with Gasteiger partial charge in [0.05, 0.1) is 6.20 Å². The van der Waals surface area contributed by atoms with Crippen molar-refractivity contribution in [2.75, 3.05) is 0 Å². The molecule has 0 amide bonds. The lowest BCUT2D eigenvalue weighted by atomic mass is 10.2. The molecule has 0 fully saturated rings. The van der Waals surface area contributed by atoms with Crippen molar-refractivity contribution in [2.45, 2.75) is 0 Å². The maximum Gasteiger partial charge on any atom is 0.303 e. The highest BCUT2D eigenvalue weighted by atomic mass is 79.9. The lowest BCUT2D eigenvalue weighted by molar-refractivity contribution is -0.347. The maximum absolute atomic E-state index is 4.56. The number of fused-ring (bicyclic) bond motifs is 1. The third kappa shape index (κ3) is 1.61. The third-order valence-corrected chi connectivity index (χ3v) is 2.99. The molecule has 4 heteroatoms. The van der Waals surface area contributed by atoms with Crippen LogP contribution in [0.1, 0.15) is 0 Å². The molecule has 3 aromatic rings. The molecule has 0 aliphatic carbocycles. The number of aromatic nitrogens is 3. The van der Waals surface area contributed by atoms with E-state index in [0.29, 0.717) is 0 Å². The molecule has 0 atom stereocenters. The number of H-pyrrole nitrogens is 2. The van der Waals surface area contributed by atoms with Crippen molar-refractivity contribution in [2.24, 2.45) is 0 Å². The molecule has 0 aliphatic heterocycles. The van der Waals surface area contributed by atoms with Crippen molar-refractivity contribution >= 4 is 27.1 Å². The minimum Gasteiger partial charge on any atom is -0.246 e. The van der Waals surface area contributed by atoms with Crippen LogP contribution in [0, 0.1) is 0 Å². The van der Waals surface area contributed by atoms with Crippen LogP contribution in [-0.2, 0) is 0 Å². The topological polar surface area (TPSA) is 42.8 Å². The Morgan fingerprint density at radius 2 is 1.94 bits per heavy atom. The number of nitrogens with one attached hydrogen (secondary N) is 2. The van der Waals surface area contributed by atoms with Gasteiger partial charge in [-0.15, -0.1) is 0 Å². The highest BCUT2D eigenvalue weighted by Gasteiger charge is 2.06. The Kier molecular flexibility index (Phi) is 2.22. The second-order valence-electron chi connectivity index (χ2n) is 3.53. The first-order valence-corrected chi connectivity index (χ1v) is 5.74. The molecule has 0 bridgehead atoms. The maximum atomic E-state index is 4.56. The lowest BCUT2D eigenvalue weighted by Gasteiger charge is -1.98. The zero-order valence-corrected chi connectivity index (χ0v) is 9.95. The summed E-state index contributed by atoms with van der Waals surface area (Å²) in [7, 11) is 0. The second-order valence-corrected chi connectivity index (χ2v) is 4.45. The minimum atomic E-state index is 0.944. The van der Waals surface area contributed by atoms with Gasteiger partial charge < -0.3 is 0 Å². The van der Waals surface area contributed by atoms with Crippen molar-refractivity contribution in [3.63, 3.8) is 0 Å². The molecule has 0 saturated carbocycles. The van der Waals surface area contributed by atoms with Gasteiger partial charge in [0.2, 0.25) is 0 Å². The van der Waals surface area contributed by atoms with E-state index in [1.54, 1.807) is 0 Å². The van der Waals surface area contributed by atoms with Crippen LogP contribution in [0.3, 0.4) is 0 Å². The van der Waals surface area contributed by atoms with Crippen molar-refractivity contribution < 1.29 is 4.98 Å². The van der Waals surface area contributed by atoms with Crippen molar-refractivity contribution in [1.29, 1.82) is 0 Å². The standard InChI is InChI=1S/C12H8BrN3/c13-9-3-1-8(2-4-9)11-7-15-12-10(16-11)5-6-14-12/h1-7H,(H,14,15)/p+1. The van der Waals surface area contributed by atoms with Crippen LogP contribution >= 0.6 is 15.9 Å². The molecule has 0 aliphatic rings. The molecule has 1 aromatic carbocycles.